The van der Waals surface area contributed by atoms with Gasteiger partial charge in [-0.3, -0.25) is 0 Å². The van der Waals surface area contributed by atoms with E-state index in [1.807, 2.05) is 12.1 Å². The van der Waals surface area contributed by atoms with Crippen LogP contribution in [-0.2, 0) is 0 Å². The fourth-order valence-corrected chi connectivity index (χ4v) is 2.69. The second-order valence-electron chi connectivity index (χ2n) is 5.05. The molecule has 2 N–H and O–H groups in total. The third-order valence-electron chi connectivity index (χ3n) is 3.88. The van der Waals surface area contributed by atoms with Gasteiger partial charge in [0.15, 0.2) is 0 Å². The van der Waals surface area contributed by atoms with Gasteiger partial charge >= 0.3 is 0 Å². The number of nitrogen functional groups attached to an aromatic ring is 1. The fraction of sp³-hybridized carbons (Fsp3) is 0.250. The zero-order valence-electron chi connectivity index (χ0n) is 11.4. The van der Waals surface area contributed by atoms with Gasteiger partial charge in [-0.15, -0.1) is 0 Å². The van der Waals surface area contributed by atoms with E-state index in [0.29, 0.717) is 0 Å². The summed E-state index contributed by atoms with van der Waals surface area (Å²) in [6, 6.07) is 14.7. The monoisotopic (exact) mass is 253 g/mol. The van der Waals surface area contributed by atoms with Crippen LogP contribution in [0.15, 0.2) is 42.5 Å². The lowest BCUT2D eigenvalue weighted by molar-refractivity contribution is 0.820. The molecular weight excluding hydrogens is 234 g/mol. The third-order valence-corrected chi connectivity index (χ3v) is 3.88. The molecule has 0 fully saturated rings. The molecule has 1 heterocycles. The maximum Gasteiger partial charge on any atom is 0.0649 e. The second kappa shape index (κ2) is 4.50. The topological polar surface area (TPSA) is 32.5 Å². The quantitative estimate of drug-likeness (QED) is 0.792. The number of benzene rings is 2. The lowest BCUT2D eigenvalue weighted by atomic mass is 10.1. The Morgan fingerprint density at radius 2 is 1.58 bits per heavy atom. The highest BCUT2D eigenvalue weighted by Gasteiger charge is 2.22. The van der Waals surface area contributed by atoms with Gasteiger partial charge in [-0.25, -0.2) is 0 Å². The van der Waals surface area contributed by atoms with E-state index in [-0.39, 0.29) is 0 Å². The van der Waals surface area contributed by atoms with Crippen molar-refractivity contribution in [3.63, 3.8) is 0 Å². The van der Waals surface area contributed by atoms with Gasteiger partial charge in [0.2, 0.25) is 0 Å². The molecule has 0 bridgehead atoms. The number of para-hydroxylation sites is 2. The Hall–Kier alpha value is -2.16. The average molecular weight is 253 g/mol. The fourth-order valence-electron chi connectivity index (χ4n) is 2.69. The summed E-state index contributed by atoms with van der Waals surface area (Å²) >= 11 is 0. The zero-order chi connectivity index (χ0) is 13.4. The molecule has 1 aliphatic heterocycles. The van der Waals surface area contributed by atoms with Gasteiger partial charge in [0.05, 0.1) is 11.4 Å². The molecule has 0 spiro atoms. The Kier molecular flexibility index (Phi) is 2.82. The van der Waals surface area contributed by atoms with Crippen LogP contribution in [0.3, 0.4) is 0 Å². The van der Waals surface area contributed by atoms with E-state index in [0.717, 1.165) is 24.3 Å². The van der Waals surface area contributed by atoms with Crippen LogP contribution >= 0.6 is 0 Å². The molecule has 3 nitrogen and oxygen atoms in total. The van der Waals surface area contributed by atoms with E-state index in [1.165, 1.54) is 17.1 Å². The molecule has 3 rings (SSSR count). The van der Waals surface area contributed by atoms with E-state index in [2.05, 4.69) is 54.1 Å². The van der Waals surface area contributed by atoms with Crippen molar-refractivity contribution in [3.05, 3.63) is 48.0 Å². The molecule has 2 aromatic rings. The predicted molar refractivity (Wildman–Crippen MR) is 82.3 cm³/mol. The Labute approximate surface area is 114 Å². The van der Waals surface area contributed by atoms with Gasteiger partial charge in [0, 0.05) is 31.5 Å². The summed E-state index contributed by atoms with van der Waals surface area (Å²) in [6.07, 6.45) is 0. The Morgan fingerprint density at radius 3 is 2.37 bits per heavy atom. The van der Waals surface area contributed by atoms with E-state index in [9.17, 15) is 0 Å². The SMILES string of the molecule is Cc1c(N)cccc1N1CCN(C)c2ccccc21. The van der Waals surface area contributed by atoms with Crippen molar-refractivity contribution in [2.45, 2.75) is 6.92 Å². The molecule has 2 aromatic carbocycles. The van der Waals surface area contributed by atoms with Crippen LogP contribution in [0, 0.1) is 6.92 Å². The van der Waals surface area contributed by atoms with Gasteiger partial charge in [-0.1, -0.05) is 18.2 Å². The molecular formula is C16H19N3. The standard InChI is InChI=1S/C16H19N3/c1-12-13(17)6-5-9-14(12)19-11-10-18(2)15-7-3-4-8-16(15)19/h3-9H,10-11,17H2,1-2H3. The van der Waals surface area contributed by atoms with E-state index < -0.39 is 0 Å². The maximum atomic E-state index is 6.04. The van der Waals surface area contributed by atoms with Gasteiger partial charge in [0.25, 0.3) is 0 Å². The van der Waals surface area contributed by atoms with Crippen molar-refractivity contribution in [2.75, 3.05) is 35.7 Å². The number of hydrogen-bond acceptors (Lipinski definition) is 3. The number of rotatable bonds is 1. The predicted octanol–water partition coefficient (Wildman–Crippen LogP) is 3.17. The van der Waals surface area contributed by atoms with Gasteiger partial charge in [-0.2, -0.15) is 0 Å². The molecule has 19 heavy (non-hydrogen) atoms. The van der Waals surface area contributed by atoms with Crippen LogP contribution in [0.2, 0.25) is 0 Å². The van der Waals surface area contributed by atoms with Crippen LogP contribution in [0.4, 0.5) is 22.7 Å². The van der Waals surface area contributed by atoms with Crippen molar-refractivity contribution >= 4 is 22.7 Å². The van der Waals surface area contributed by atoms with E-state index in [4.69, 9.17) is 5.73 Å². The number of hydrogen-bond donors (Lipinski definition) is 1. The summed E-state index contributed by atoms with van der Waals surface area (Å²) in [4.78, 5) is 4.66. The third kappa shape index (κ3) is 1.91. The molecule has 0 aromatic heterocycles. The van der Waals surface area contributed by atoms with Gasteiger partial charge < -0.3 is 15.5 Å². The van der Waals surface area contributed by atoms with Gasteiger partial charge in [0.1, 0.15) is 0 Å². The van der Waals surface area contributed by atoms with Crippen LogP contribution in [0.25, 0.3) is 0 Å². The largest absolute Gasteiger partial charge is 0.398 e. The molecule has 98 valence electrons. The summed E-state index contributed by atoms with van der Waals surface area (Å²) in [5, 5.41) is 0. The minimum Gasteiger partial charge on any atom is -0.398 e. The number of nitrogens with zero attached hydrogens (tertiary/aromatic N) is 2. The summed E-state index contributed by atoms with van der Waals surface area (Å²) in [6.45, 7) is 4.09. The van der Waals surface area contributed by atoms with Crippen LogP contribution in [-0.4, -0.2) is 20.1 Å². The highest BCUT2D eigenvalue weighted by Crippen LogP contribution is 2.38. The first kappa shape index (κ1) is 11.9. The molecule has 3 heteroatoms. The molecule has 0 unspecified atom stereocenters. The van der Waals surface area contributed by atoms with E-state index >= 15 is 0 Å². The number of nitrogens with two attached hydrogens (primary N) is 1. The number of fused-ring (bicyclic) bond motifs is 1. The van der Waals surface area contributed by atoms with Gasteiger partial charge in [-0.05, 0) is 36.8 Å². The van der Waals surface area contributed by atoms with Crippen molar-refractivity contribution in [3.8, 4) is 0 Å². The minimum atomic E-state index is 0.855. The highest BCUT2D eigenvalue weighted by molar-refractivity contribution is 5.81. The Balaban J connectivity index is 2.12. The summed E-state index contributed by atoms with van der Waals surface area (Å²) in [7, 11) is 2.14. The van der Waals surface area contributed by atoms with Crippen molar-refractivity contribution in [2.24, 2.45) is 0 Å². The molecule has 0 saturated carbocycles. The molecule has 1 aliphatic rings. The van der Waals surface area contributed by atoms with E-state index in [1.54, 1.807) is 0 Å². The second-order valence-corrected chi connectivity index (χ2v) is 5.05. The van der Waals surface area contributed by atoms with Crippen molar-refractivity contribution in [1.29, 1.82) is 0 Å². The first-order valence-electron chi connectivity index (χ1n) is 6.61. The normalized spacial score (nSPS) is 14.4. The molecule has 0 atom stereocenters. The number of likely N-dealkylation sites (N-methyl/N-ethyl adjacent to an activating group) is 1. The average Bonchev–Trinajstić information content (AvgIpc) is 2.43. The Bertz CT molecular complexity index is 607. The zero-order valence-corrected chi connectivity index (χ0v) is 11.4. The lowest BCUT2D eigenvalue weighted by Crippen LogP contribution is -2.36. The Morgan fingerprint density at radius 1 is 0.895 bits per heavy atom. The summed E-state index contributed by atoms with van der Waals surface area (Å²) in [5.41, 5.74) is 11.8. The van der Waals surface area contributed by atoms with Crippen LogP contribution in [0.1, 0.15) is 5.56 Å². The lowest BCUT2D eigenvalue weighted by Gasteiger charge is -2.37. The number of anilines is 4. The van der Waals surface area contributed by atoms with Crippen LogP contribution in [0.5, 0.6) is 0 Å². The smallest absolute Gasteiger partial charge is 0.0649 e. The first-order valence-corrected chi connectivity index (χ1v) is 6.61. The molecule has 0 radical (unpaired) electrons. The molecule has 0 amide bonds. The minimum absolute atomic E-state index is 0.855. The summed E-state index contributed by atoms with van der Waals surface area (Å²) in [5.74, 6) is 0. The first-order chi connectivity index (χ1) is 9.18. The van der Waals surface area contributed by atoms with Crippen LogP contribution < -0.4 is 15.5 Å². The maximum absolute atomic E-state index is 6.04. The van der Waals surface area contributed by atoms with Crippen molar-refractivity contribution in [1.82, 2.24) is 0 Å². The summed E-state index contributed by atoms with van der Waals surface area (Å²) < 4.78 is 0. The molecule has 0 aliphatic carbocycles. The molecule has 0 saturated heterocycles. The highest BCUT2D eigenvalue weighted by atomic mass is 15.3. The van der Waals surface area contributed by atoms with Crippen molar-refractivity contribution < 1.29 is 0 Å².